The van der Waals surface area contributed by atoms with E-state index in [4.69, 9.17) is 9.47 Å². The zero-order chi connectivity index (χ0) is 20.1. The van der Waals surface area contributed by atoms with Crippen LogP contribution in [0.4, 0.5) is 5.69 Å². The first-order valence-electron chi connectivity index (χ1n) is 8.97. The van der Waals surface area contributed by atoms with Gasteiger partial charge in [-0.05, 0) is 31.9 Å². The third-order valence-corrected chi connectivity index (χ3v) is 4.18. The third-order valence-electron chi connectivity index (χ3n) is 4.18. The average Bonchev–Trinajstić information content (AvgIpc) is 3.50. The van der Waals surface area contributed by atoms with E-state index in [1.54, 1.807) is 37.3 Å². The van der Waals surface area contributed by atoms with Crippen LogP contribution in [-0.2, 0) is 9.53 Å². The molecule has 8 nitrogen and oxygen atoms in total. The van der Waals surface area contributed by atoms with Gasteiger partial charge in [-0.25, -0.2) is 4.79 Å². The molecule has 146 valence electrons. The standard InChI is InChI=1S/C20H20N2O6/c1-2-27-17-11-8-14(12-16(17)22(25)26)20(24)28-18(13-6-4-3-5-7-13)19(23)21-15-9-10-15/h3-8,11-12,15,18H,2,9-10H2,1H3,(H,21,23). The average molecular weight is 384 g/mol. The van der Waals surface area contributed by atoms with E-state index in [-0.39, 0.29) is 29.6 Å². The van der Waals surface area contributed by atoms with E-state index in [9.17, 15) is 19.7 Å². The number of esters is 1. The lowest BCUT2D eigenvalue weighted by atomic mass is 10.1. The van der Waals surface area contributed by atoms with Crippen molar-refractivity contribution in [3.8, 4) is 5.75 Å². The van der Waals surface area contributed by atoms with E-state index in [1.807, 2.05) is 0 Å². The first-order valence-corrected chi connectivity index (χ1v) is 8.97. The van der Waals surface area contributed by atoms with Gasteiger partial charge >= 0.3 is 11.7 Å². The molecule has 0 aliphatic heterocycles. The lowest BCUT2D eigenvalue weighted by Gasteiger charge is -2.18. The summed E-state index contributed by atoms with van der Waals surface area (Å²) in [7, 11) is 0. The van der Waals surface area contributed by atoms with Crippen molar-refractivity contribution in [1.82, 2.24) is 5.32 Å². The summed E-state index contributed by atoms with van der Waals surface area (Å²) < 4.78 is 10.6. The maximum absolute atomic E-state index is 12.6. The molecule has 0 saturated heterocycles. The zero-order valence-electron chi connectivity index (χ0n) is 15.3. The van der Waals surface area contributed by atoms with Crippen LogP contribution in [0.3, 0.4) is 0 Å². The van der Waals surface area contributed by atoms with Crippen LogP contribution in [0.2, 0.25) is 0 Å². The Kier molecular flexibility index (Phi) is 5.88. The molecule has 1 aliphatic carbocycles. The largest absolute Gasteiger partial charge is 0.487 e. The van der Waals surface area contributed by atoms with Gasteiger partial charge in [0.1, 0.15) is 0 Å². The quantitative estimate of drug-likeness (QED) is 0.425. The Bertz CT molecular complexity index is 880. The minimum atomic E-state index is -1.14. The summed E-state index contributed by atoms with van der Waals surface area (Å²) >= 11 is 0. The molecule has 1 aliphatic rings. The fraction of sp³-hybridized carbons (Fsp3) is 0.300. The number of ether oxygens (including phenoxy) is 2. The number of nitro benzene ring substituents is 1. The molecule has 2 aromatic carbocycles. The number of rotatable bonds is 8. The predicted octanol–water partition coefficient (Wildman–Crippen LogP) is 3.17. The second-order valence-electron chi connectivity index (χ2n) is 6.35. The van der Waals surface area contributed by atoms with Gasteiger partial charge in [-0.3, -0.25) is 14.9 Å². The van der Waals surface area contributed by atoms with Crippen LogP contribution >= 0.6 is 0 Å². The highest BCUT2D eigenvalue weighted by atomic mass is 16.6. The maximum Gasteiger partial charge on any atom is 0.339 e. The highest BCUT2D eigenvalue weighted by Crippen LogP contribution is 2.29. The van der Waals surface area contributed by atoms with E-state index < -0.39 is 22.9 Å². The van der Waals surface area contributed by atoms with Crippen molar-refractivity contribution >= 4 is 17.6 Å². The molecule has 1 amide bonds. The smallest absolute Gasteiger partial charge is 0.339 e. The number of benzene rings is 2. The number of carbonyl (C=O) groups is 2. The molecule has 0 spiro atoms. The van der Waals surface area contributed by atoms with Crippen LogP contribution in [0.1, 0.15) is 41.8 Å². The molecule has 1 fully saturated rings. The molecule has 0 aromatic heterocycles. The lowest BCUT2D eigenvalue weighted by molar-refractivity contribution is -0.385. The van der Waals surface area contributed by atoms with E-state index in [0.717, 1.165) is 18.9 Å². The van der Waals surface area contributed by atoms with Gasteiger partial charge in [0.2, 0.25) is 6.10 Å². The Morgan fingerprint density at radius 2 is 1.93 bits per heavy atom. The minimum Gasteiger partial charge on any atom is -0.487 e. The SMILES string of the molecule is CCOc1ccc(C(=O)OC(C(=O)NC2CC2)c2ccccc2)cc1[N+](=O)[O-]. The van der Waals surface area contributed by atoms with Gasteiger partial charge in [-0.2, -0.15) is 0 Å². The molecule has 1 atom stereocenters. The van der Waals surface area contributed by atoms with Crippen molar-refractivity contribution in [2.75, 3.05) is 6.61 Å². The van der Waals surface area contributed by atoms with Gasteiger partial charge in [0.05, 0.1) is 17.1 Å². The molecule has 28 heavy (non-hydrogen) atoms. The number of carbonyl (C=O) groups excluding carboxylic acids is 2. The zero-order valence-corrected chi connectivity index (χ0v) is 15.3. The van der Waals surface area contributed by atoms with Crippen molar-refractivity contribution in [3.63, 3.8) is 0 Å². The summed E-state index contributed by atoms with van der Waals surface area (Å²) in [5.41, 5.74) is 0.153. The highest BCUT2D eigenvalue weighted by molar-refractivity contribution is 5.93. The molecule has 1 saturated carbocycles. The number of hydrogen-bond donors (Lipinski definition) is 1. The Morgan fingerprint density at radius 3 is 2.54 bits per heavy atom. The monoisotopic (exact) mass is 384 g/mol. The molecule has 8 heteroatoms. The molecule has 1 unspecified atom stereocenters. The van der Waals surface area contributed by atoms with Crippen molar-refractivity contribution in [2.45, 2.75) is 31.9 Å². The Morgan fingerprint density at radius 1 is 1.21 bits per heavy atom. The molecule has 0 heterocycles. The van der Waals surface area contributed by atoms with E-state index in [2.05, 4.69) is 5.32 Å². The Labute approximate surface area is 161 Å². The van der Waals surface area contributed by atoms with Gasteiger partial charge in [0.15, 0.2) is 5.75 Å². The summed E-state index contributed by atoms with van der Waals surface area (Å²) in [5.74, 6) is -1.18. The van der Waals surface area contributed by atoms with Crippen molar-refractivity contribution in [1.29, 1.82) is 0 Å². The summed E-state index contributed by atoms with van der Waals surface area (Å²) in [4.78, 5) is 35.8. The third kappa shape index (κ3) is 4.64. The molecular weight excluding hydrogens is 364 g/mol. The predicted molar refractivity (Wildman–Crippen MR) is 100 cm³/mol. The van der Waals surface area contributed by atoms with Crippen LogP contribution < -0.4 is 10.1 Å². The fourth-order valence-electron chi connectivity index (χ4n) is 2.64. The summed E-state index contributed by atoms with van der Waals surface area (Å²) in [6, 6.07) is 12.6. The van der Waals surface area contributed by atoms with Crippen LogP contribution in [0.25, 0.3) is 0 Å². The maximum atomic E-state index is 12.6. The minimum absolute atomic E-state index is 0.0321. The Hall–Kier alpha value is -3.42. The Balaban J connectivity index is 1.84. The molecular formula is C20H20N2O6. The van der Waals surface area contributed by atoms with Gasteiger partial charge < -0.3 is 14.8 Å². The number of nitro groups is 1. The van der Waals surface area contributed by atoms with Crippen LogP contribution in [0.15, 0.2) is 48.5 Å². The van der Waals surface area contributed by atoms with E-state index in [1.165, 1.54) is 12.1 Å². The molecule has 2 aromatic rings. The van der Waals surface area contributed by atoms with E-state index >= 15 is 0 Å². The molecule has 0 radical (unpaired) electrons. The number of amides is 1. The summed E-state index contributed by atoms with van der Waals surface area (Å²) in [6.45, 7) is 1.96. The normalized spacial score (nSPS) is 14.0. The number of nitrogens with one attached hydrogen (secondary N) is 1. The van der Waals surface area contributed by atoms with Crippen LogP contribution in [0, 0.1) is 10.1 Å². The van der Waals surface area contributed by atoms with Crippen LogP contribution in [-0.4, -0.2) is 29.4 Å². The topological polar surface area (TPSA) is 108 Å². The number of hydrogen-bond acceptors (Lipinski definition) is 6. The summed E-state index contributed by atoms with van der Waals surface area (Å²) in [6.07, 6.45) is 0.651. The van der Waals surface area contributed by atoms with Gasteiger partial charge in [0, 0.05) is 17.7 Å². The van der Waals surface area contributed by atoms with Gasteiger partial charge in [0.25, 0.3) is 5.91 Å². The van der Waals surface area contributed by atoms with Crippen molar-refractivity contribution in [2.24, 2.45) is 0 Å². The van der Waals surface area contributed by atoms with E-state index in [0.29, 0.717) is 5.56 Å². The summed E-state index contributed by atoms with van der Waals surface area (Å²) in [5, 5.41) is 14.1. The lowest BCUT2D eigenvalue weighted by Crippen LogP contribution is -2.33. The molecule has 3 rings (SSSR count). The number of nitrogens with zero attached hydrogens (tertiary/aromatic N) is 1. The first kappa shape index (κ1) is 19.3. The highest BCUT2D eigenvalue weighted by Gasteiger charge is 2.31. The fourth-order valence-corrected chi connectivity index (χ4v) is 2.64. The first-order chi connectivity index (χ1) is 13.5. The molecule has 1 N–H and O–H groups in total. The molecule has 0 bridgehead atoms. The van der Waals surface area contributed by atoms with Crippen molar-refractivity contribution in [3.05, 3.63) is 69.8 Å². The van der Waals surface area contributed by atoms with Crippen LogP contribution in [0.5, 0.6) is 5.75 Å². The second-order valence-corrected chi connectivity index (χ2v) is 6.35. The second kappa shape index (κ2) is 8.51. The van der Waals surface area contributed by atoms with Gasteiger partial charge in [-0.15, -0.1) is 0 Å². The van der Waals surface area contributed by atoms with Crippen molar-refractivity contribution < 1.29 is 24.0 Å². The van der Waals surface area contributed by atoms with Gasteiger partial charge in [-0.1, -0.05) is 30.3 Å².